The Hall–Kier alpha value is -2.95. The number of benzene rings is 1. The second kappa shape index (κ2) is 10.1. The maximum atomic E-state index is 13.9. The van der Waals surface area contributed by atoms with Crippen LogP contribution < -0.4 is 10.6 Å². The number of rotatable bonds is 8. The van der Waals surface area contributed by atoms with Gasteiger partial charge >= 0.3 is 5.97 Å². The van der Waals surface area contributed by atoms with Gasteiger partial charge in [-0.05, 0) is 25.0 Å². The molecule has 0 saturated heterocycles. The van der Waals surface area contributed by atoms with Crippen molar-refractivity contribution < 1.29 is 23.5 Å². The number of nitrogens with zero attached hydrogens (tertiary/aromatic N) is 1. The van der Waals surface area contributed by atoms with E-state index in [9.17, 15) is 18.8 Å². The summed E-state index contributed by atoms with van der Waals surface area (Å²) in [5, 5.41) is 13.8. The predicted molar refractivity (Wildman–Crippen MR) is 91.0 cm³/mol. The number of ether oxygens (including phenoxy) is 1. The molecule has 1 rings (SSSR count). The lowest BCUT2D eigenvalue weighted by molar-refractivity contribution is -0.145. The Morgan fingerprint density at radius 3 is 2.42 bits per heavy atom. The average molecular weight is 363 g/mol. The molecule has 26 heavy (non-hydrogen) atoms. The number of halogens is 1. The lowest BCUT2D eigenvalue weighted by Crippen LogP contribution is -2.52. The van der Waals surface area contributed by atoms with Gasteiger partial charge in [0, 0.05) is 19.3 Å². The Kier molecular flexibility index (Phi) is 8.22. The first-order valence-corrected chi connectivity index (χ1v) is 8.06. The lowest BCUT2D eigenvalue weighted by Gasteiger charge is -2.22. The molecule has 0 unspecified atom stereocenters. The number of amides is 2. The zero-order chi connectivity index (χ0) is 19.7. The van der Waals surface area contributed by atoms with E-state index >= 15 is 0 Å². The highest BCUT2D eigenvalue weighted by Crippen LogP contribution is 2.11. The summed E-state index contributed by atoms with van der Waals surface area (Å²) in [6.45, 7) is 2.84. The fraction of sp³-hybridized carbons (Fsp3) is 0.444. The molecule has 0 aromatic heterocycles. The predicted octanol–water partition coefficient (Wildman–Crippen LogP) is 1.08. The number of methoxy groups -OCH3 is 1. The highest BCUT2D eigenvalue weighted by Gasteiger charge is 2.28. The highest BCUT2D eigenvalue weighted by atomic mass is 19.1. The van der Waals surface area contributed by atoms with E-state index in [-0.39, 0.29) is 18.4 Å². The van der Waals surface area contributed by atoms with Crippen LogP contribution in [0, 0.1) is 23.1 Å². The third-order valence-corrected chi connectivity index (χ3v) is 3.69. The van der Waals surface area contributed by atoms with Crippen LogP contribution in [-0.2, 0) is 25.5 Å². The van der Waals surface area contributed by atoms with Crippen molar-refractivity contribution in [2.24, 2.45) is 5.92 Å². The Morgan fingerprint density at radius 2 is 1.88 bits per heavy atom. The van der Waals surface area contributed by atoms with Crippen LogP contribution in [0.5, 0.6) is 0 Å². The first-order chi connectivity index (χ1) is 12.3. The monoisotopic (exact) mass is 363 g/mol. The zero-order valence-electron chi connectivity index (χ0n) is 14.9. The molecule has 0 bridgehead atoms. The summed E-state index contributed by atoms with van der Waals surface area (Å²) in [6, 6.07) is 5.76. The van der Waals surface area contributed by atoms with Gasteiger partial charge in [0.25, 0.3) is 0 Å². The number of esters is 1. The van der Waals surface area contributed by atoms with Gasteiger partial charge < -0.3 is 15.4 Å². The van der Waals surface area contributed by atoms with Crippen LogP contribution in [0.4, 0.5) is 4.39 Å². The summed E-state index contributed by atoms with van der Waals surface area (Å²) in [5.41, 5.74) is 0.251. The second-order valence-electron chi connectivity index (χ2n) is 5.90. The number of hydrogen-bond donors (Lipinski definition) is 2. The van der Waals surface area contributed by atoms with Crippen LogP contribution in [0.3, 0.4) is 0 Å². The van der Waals surface area contributed by atoms with Crippen molar-refractivity contribution in [3.63, 3.8) is 0 Å². The number of hydrogen-bond acceptors (Lipinski definition) is 5. The van der Waals surface area contributed by atoms with Gasteiger partial charge in [-0.15, -0.1) is 0 Å². The molecule has 0 heterocycles. The van der Waals surface area contributed by atoms with Crippen LogP contribution in [0.2, 0.25) is 0 Å². The number of carbonyl (C=O) groups excluding carboxylic acids is 3. The van der Waals surface area contributed by atoms with Gasteiger partial charge in [-0.3, -0.25) is 9.59 Å². The van der Waals surface area contributed by atoms with Crippen molar-refractivity contribution >= 4 is 17.8 Å². The molecule has 2 N–H and O–H groups in total. The average Bonchev–Trinajstić information content (AvgIpc) is 2.60. The third-order valence-electron chi connectivity index (χ3n) is 3.69. The smallest absolute Gasteiger partial charge is 0.328 e. The van der Waals surface area contributed by atoms with E-state index in [4.69, 9.17) is 5.26 Å². The van der Waals surface area contributed by atoms with Gasteiger partial charge in [0.1, 0.15) is 17.9 Å². The van der Waals surface area contributed by atoms with Crippen molar-refractivity contribution in [3.05, 3.63) is 35.6 Å². The molecule has 1 aromatic rings. The maximum absolute atomic E-state index is 13.9. The maximum Gasteiger partial charge on any atom is 0.328 e. The molecule has 0 spiro atoms. The topological polar surface area (TPSA) is 108 Å². The van der Waals surface area contributed by atoms with E-state index in [0.29, 0.717) is 0 Å². The number of nitrogens with one attached hydrogen (secondary N) is 2. The molecular formula is C18H22FN3O4. The molecule has 8 heteroatoms. The summed E-state index contributed by atoms with van der Waals surface area (Å²) >= 11 is 0. The van der Waals surface area contributed by atoms with Crippen LogP contribution in [0.15, 0.2) is 24.3 Å². The van der Waals surface area contributed by atoms with Crippen LogP contribution in [-0.4, -0.2) is 37.0 Å². The van der Waals surface area contributed by atoms with Crippen molar-refractivity contribution in [1.29, 1.82) is 5.26 Å². The fourth-order valence-electron chi connectivity index (χ4n) is 2.37. The Morgan fingerprint density at radius 1 is 1.23 bits per heavy atom. The van der Waals surface area contributed by atoms with Crippen molar-refractivity contribution in [3.8, 4) is 6.07 Å². The Bertz CT molecular complexity index is 702. The SMILES string of the molecule is COC(=O)[C@H](C[C@@H](C)C#N)NC(=O)[C@H](Cc1ccccc1F)NC(C)=O. The first-order valence-electron chi connectivity index (χ1n) is 8.06. The van der Waals surface area contributed by atoms with E-state index < -0.39 is 41.6 Å². The van der Waals surface area contributed by atoms with Crippen molar-refractivity contribution in [2.75, 3.05) is 7.11 Å². The number of carbonyl (C=O) groups is 3. The normalized spacial score (nSPS) is 13.7. The molecule has 0 aliphatic heterocycles. The lowest BCUT2D eigenvalue weighted by atomic mass is 10.0. The van der Waals surface area contributed by atoms with Crippen LogP contribution in [0.1, 0.15) is 25.8 Å². The van der Waals surface area contributed by atoms with Gasteiger partial charge in [0.2, 0.25) is 11.8 Å². The Labute approximate surface area is 151 Å². The van der Waals surface area contributed by atoms with Gasteiger partial charge in [0.15, 0.2) is 0 Å². The van der Waals surface area contributed by atoms with E-state index in [1.54, 1.807) is 13.0 Å². The molecule has 1 aromatic carbocycles. The highest BCUT2D eigenvalue weighted by molar-refractivity contribution is 5.90. The van der Waals surface area contributed by atoms with Crippen LogP contribution >= 0.6 is 0 Å². The quantitative estimate of drug-likeness (QED) is 0.672. The minimum atomic E-state index is -1.08. The van der Waals surface area contributed by atoms with E-state index in [1.165, 1.54) is 32.2 Å². The first kappa shape index (κ1) is 21.1. The molecule has 0 aliphatic carbocycles. The molecule has 0 saturated carbocycles. The Balaban J connectivity index is 2.96. The molecule has 2 amide bonds. The minimum Gasteiger partial charge on any atom is -0.467 e. The summed E-state index contributed by atoms with van der Waals surface area (Å²) in [6.07, 6.45) is -0.0266. The van der Waals surface area contributed by atoms with E-state index in [0.717, 1.165) is 0 Å². The van der Waals surface area contributed by atoms with Gasteiger partial charge in [-0.2, -0.15) is 5.26 Å². The fourth-order valence-corrected chi connectivity index (χ4v) is 2.37. The summed E-state index contributed by atoms with van der Waals surface area (Å²) < 4.78 is 18.5. The molecule has 0 fully saturated rings. The second-order valence-corrected chi connectivity index (χ2v) is 5.90. The largest absolute Gasteiger partial charge is 0.467 e. The molecule has 0 radical (unpaired) electrons. The summed E-state index contributed by atoms with van der Waals surface area (Å²) in [4.78, 5) is 35.8. The van der Waals surface area contributed by atoms with Crippen molar-refractivity contribution in [2.45, 2.75) is 38.8 Å². The van der Waals surface area contributed by atoms with Gasteiger partial charge in [-0.1, -0.05) is 18.2 Å². The zero-order valence-corrected chi connectivity index (χ0v) is 14.9. The van der Waals surface area contributed by atoms with Gasteiger partial charge in [-0.25, -0.2) is 9.18 Å². The third kappa shape index (κ3) is 6.51. The van der Waals surface area contributed by atoms with E-state index in [1.807, 2.05) is 6.07 Å². The number of nitriles is 1. The van der Waals surface area contributed by atoms with Gasteiger partial charge in [0.05, 0.1) is 13.2 Å². The molecule has 3 atom stereocenters. The molecule has 0 aliphatic rings. The molecule has 140 valence electrons. The van der Waals surface area contributed by atoms with Crippen LogP contribution in [0.25, 0.3) is 0 Å². The summed E-state index contributed by atoms with van der Waals surface area (Å²) in [5.74, 6) is -2.83. The standard InChI is InChI=1S/C18H22FN3O4/c1-11(10-20)8-16(18(25)26-3)22-17(24)15(21-12(2)23)9-13-6-4-5-7-14(13)19/h4-7,11,15-16H,8-9H2,1-3H3,(H,21,23)(H,22,24)/t11-,15+,16+/m1/s1. The molecular weight excluding hydrogens is 341 g/mol. The minimum absolute atomic E-state index is 0.0569. The summed E-state index contributed by atoms with van der Waals surface area (Å²) in [7, 11) is 1.17. The van der Waals surface area contributed by atoms with Crippen molar-refractivity contribution in [1.82, 2.24) is 10.6 Å². The molecule has 7 nitrogen and oxygen atoms in total. The van der Waals surface area contributed by atoms with E-state index in [2.05, 4.69) is 15.4 Å².